The Bertz CT molecular complexity index is 638. The lowest BCUT2D eigenvalue weighted by atomic mass is 10.1. The molecule has 7 heteroatoms. The SMILES string of the molecule is CN=C(NC1CCCC1C#N)NC1CC1c1c(F)cccc1F.I. The van der Waals surface area contributed by atoms with Gasteiger partial charge >= 0.3 is 0 Å². The highest BCUT2D eigenvalue weighted by atomic mass is 127. The zero-order valence-corrected chi connectivity index (χ0v) is 15.8. The largest absolute Gasteiger partial charge is 0.353 e. The molecule has 2 fully saturated rings. The Hall–Kier alpha value is -1.43. The molecule has 0 bridgehead atoms. The van der Waals surface area contributed by atoms with Gasteiger partial charge in [-0.05, 0) is 37.8 Å². The van der Waals surface area contributed by atoms with Crippen molar-refractivity contribution < 1.29 is 8.78 Å². The van der Waals surface area contributed by atoms with Gasteiger partial charge in [0, 0.05) is 30.6 Å². The maximum atomic E-state index is 13.8. The van der Waals surface area contributed by atoms with Gasteiger partial charge in [0.15, 0.2) is 5.96 Å². The fraction of sp³-hybridized carbons (Fsp3) is 0.529. The van der Waals surface area contributed by atoms with Crippen molar-refractivity contribution in [1.82, 2.24) is 10.6 Å². The third kappa shape index (κ3) is 3.97. The summed E-state index contributed by atoms with van der Waals surface area (Å²) in [6.45, 7) is 0. The Kier molecular flexibility index (Phi) is 6.38. The third-order valence-corrected chi connectivity index (χ3v) is 4.71. The molecular weight excluding hydrogens is 425 g/mol. The fourth-order valence-corrected chi connectivity index (χ4v) is 3.35. The molecule has 0 saturated heterocycles. The number of benzene rings is 1. The highest BCUT2D eigenvalue weighted by Gasteiger charge is 2.42. The van der Waals surface area contributed by atoms with Gasteiger partial charge in [0.2, 0.25) is 0 Å². The van der Waals surface area contributed by atoms with Crippen LogP contribution in [-0.2, 0) is 0 Å². The second kappa shape index (κ2) is 8.10. The lowest BCUT2D eigenvalue weighted by Crippen LogP contribution is -2.45. The van der Waals surface area contributed by atoms with Gasteiger partial charge in [-0.25, -0.2) is 8.78 Å². The Morgan fingerprint density at radius 3 is 2.50 bits per heavy atom. The summed E-state index contributed by atoms with van der Waals surface area (Å²) in [6, 6.07) is 6.33. The van der Waals surface area contributed by atoms with E-state index >= 15 is 0 Å². The van der Waals surface area contributed by atoms with Crippen molar-refractivity contribution >= 4 is 29.9 Å². The van der Waals surface area contributed by atoms with Crippen LogP contribution in [0.3, 0.4) is 0 Å². The lowest BCUT2D eigenvalue weighted by molar-refractivity contribution is 0.530. The van der Waals surface area contributed by atoms with Crippen LogP contribution in [0.15, 0.2) is 23.2 Å². The number of rotatable bonds is 3. The van der Waals surface area contributed by atoms with Crippen LogP contribution in [0.2, 0.25) is 0 Å². The Morgan fingerprint density at radius 1 is 1.21 bits per heavy atom. The molecule has 130 valence electrons. The molecule has 24 heavy (non-hydrogen) atoms. The molecule has 0 heterocycles. The van der Waals surface area contributed by atoms with Crippen LogP contribution in [0.25, 0.3) is 0 Å². The summed E-state index contributed by atoms with van der Waals surface area (Å²) >= 11 is 0. The van der Waals surface area contributed by atoms with E-state index in [0.717, 1.165) is 19.3 Å². The number of hydrogen-bond donors (Lipinski definition) is 2. The molecule has 1 aromatic carbocycles. The van der Waals surface area contributed by atoms with Crippen molar-refractivity contribution in [2.75, 3.05) is 7.05 Å². The molecule has 0 aromatic heterocycles. The summed E-state index contributed by atoms with van der Waals surface area (Å²) in [5.74, 6) is -0.579. The Morgan fingerprint density at radius 2 is 1.88 bits per heavy atom. The first kappa shape index (κ1) is 18.9. The molecule has 4 atom stereocenters. The van der Waals surface area contributed by atoms with Crippen molar-refractivity contribution in [1.29, 1.82) is 5.26 Å². The zero-order valence-electron chi connectivity index (χ0n) is 13.4. The topological polar surface area (TPSA) is 60.2 Å². The molecular formula is C17H21F2IN4. The number of halogens is 3. The van der Waals surface area contributed by atoms with Gasteiger partial charge in [-0.1, -0.05) is 6.07 Å². The predicted octanol–water partition coefficient (Wildman–Crippen LogP) is 3.30. The van der Waals surface area contributed by atoms with E-state index in [-0.39, 0.29) is 53.5 Å². The van der Waals surface area contributed by atoms with E-state index in [2.05, 4.69) is 21.7 Å². The molecule has 4 nitrogen and oxygen atoms in total. The standard InChI is InChI=1S/C17H20F2N4.HI/c1-21-17(22-14-7-2-4-10(14)9-20)23-15-8-11(15)16-12(18)5-3-6-13(16)19;/h3,5-6,10-11,14-15H,2,4,7-8H2,1H3,(H2,21,22,23);1H. The number of nitrogens with zero attached hydrogens (tertiary/aromatic N) is 2. The molecule has 2 aliphatic rings. The van der Waals surface area contributed by atoms with E-state index in [1.165, 1.54) is 18.2 Å². The van der Waals surface area contributed by atoms with Gasteiger partial charge in [-0.3, -0.25) is 4.99 Å². The third-order valence-electron chi connectivity index (χ3n) is 4.71. The smallest absolute Gasteiger partial charge is 0.191 e. The minimum Gasteiger partial charge on any atom is -0.353 e. The molecule has 1 aromatic rings. The average Bonchev–Trinajstić information content (AvgIpc) is 3.12. The van der Waals surface area contributed by atoms with E-state index < -0.39 is 11.6 Å². The average molecular weight is 446 g/mol. The summed E-state index contributed by atoms with van der Waals surface area (Å²) in [4.78, 5) is 4.17. The van der Waals surface area contributed by atoms with Crippen molar-refractivity contribution in [2.45, 2.75) is 43.7 Å². The van der Waals surface area contributed by atoms with Crippen molar-refractivity contribution in [2.24, 2.45) is 10.9 Å². The Balaban J connectivity index is 0.00000208. The highest BCUT2D eigenvalue weighted by molar-refractivity contribution is 14.0. The minimum absolute atomic E-state index is 0. The van der Waals surface area contributed by atoms with Crippen molar-refractivity contribution in [3.63, 3.8) is 0 Å². The molecule has 4 unspecified atom stereocenters. The van der Waals surface area contributed by atoms with E-state index in [1.54, 1.807) is 7.05 Å². The maximum Gasteiger partial charge on any atom is 0.191 e. The van der Waals surface area contributed by atoms with Crippen molar-refractivity contribution in [3.8, 4) is 6.07 Å². The zero-order chi connectivity index (χ0) is 16.4. The summed E-state index contributed by atoms with van der Waals surface area (Å²) in [5, 5.41) is 15.6. The first-order valence-electron chi connectivity index (χ1n) is 7.97. The van der Waals surface area contributed by atoms with Crippen LogP contribution in [0.1, 0.15) is 37.2 Å². The molecule has 0 radical (unpaired) electrons. The maximum absolute atomic E-state index is 13.8. The van der Waals surface area contributed by atoms with Crippen LogP contribution < -0.4 is 10.6 Å². The predicted molar refractivity (Wildman–Crippen MR) is 99.3 cm³/mol. The van der Waals surface area contributed by atoms with Gasteiger partial charge in [0.1, 0.15) is 11.6 Å². The van der Waals surface area contributed by atoms with E-state index in [4.69, 9.17) is 5.26 Å². The summed E-state index contributed by atoms with van der Waals surface area (Å²) in [6.07, 6.45) is 3.54. The number of hydrogen-bond acceptors (Lipinski definition) is 2. The first-order valence-corrected chi connectivity index (χ1v) is 7.97. The second-order valence-corrected chi connectivity index (χ2v) is 6.22. The normalized spacial score (nSPS) is 28.7. The van der Waals surface area contributed by atoms with Crippen LogP contribution in [0.5, 0.6) is 0 Å². The first-order chi connectivity index (χ1) is 11.1. The van der Waals surface area contributed by atoms with Gasteiger partial charge in [0.25, 0.3) is 0 Å². The Labute approximate surface area is 157 Å². The molecule has 0 aliphatic heterocycles. The van der Waals surface area contributed by atoms with Crippen LogP contribution >= 0.6 is 24.0 Å². The number of nitrogens with one attached hydrogen (secondary N) is 2. The van der Waals surface area contributed by atoms with Gasteiger partial charge in [-0.15, -0.1) is 24.0 Å². The number of guanidine groups is 1. The van der Waals surface area contributed by atoms with Crippen LogP contribution in [0.4, 0.5) is 8.78 Å². The second-order valence-electron chi connectivity index (χ2n) is 6.22. The molecule has 0 spiro atoms. The van der Waals surface area contributed by atoms with E-state index in [9.17, 15) is 8.78 Å². The van der Waals surface area contributed by atoms with Crippen LogP contribution in [0, 0.1) is 28.9 Å². The van der Waals surface area contributed by atoms with Gasteiger partial charge in [-0.2, -0.15) is 5.26 Å². The fourth-order valence-electron chi connectivity index (χ4n) is 3.35. The van der Waals surface area contributed by atoms with Crippen LogP contribution in [-0.4, -0.2) is 25.1 Å². The van der Waals surface area contributed by atoms with Crippen molar-refractivity contribution in [3.05, 3.63) is 35.4 Å². The van der Waals surface area contributed by atoms with Gasteiger partial charge in [0.05, 0.1) is 12.0 Å². The lowest BCUT2D eigenvalue weighted by Gasteiger charge is -2.19. The van der Waals surface area contributed by atoms with E-state index in [1.807, 2.05) is 0 Å². The summed E-state index contributed by atoms with van der Waals surface area (Å²) in [5.41, 5.74) is 0.149. The number of nitriles is 1. The summed E-state index contributed by atoms with van der Waals surface area (Å²) < 4.78 is 27.6. The molecule has 0 amide bonds. The molecule has 2 aliphatic carbocycles. The monoisotopic (exact) mass is 446 g/mol. The molecule has 3 rings (SSSR count). The van der Waals surface area contributed by atoms with Gasteiger partial charge < -0.3 is 10.6 Å². The molecule has 2 saturated carbocycles. The highest BCUT2D eigenvalue weighted by Crippen LogP contribution is 2.43. The minimum atomic E-state index is -0.498. The number of aliphatic imine (C=N–C) groups is 1. The van der Waals surface area contributed by atoms with E-state index in [0.29, 0.717) is 12.4 Å². The molecule has 2 N–H and O–H groups in total. The summed E-state index contributed by atoms with van der Waals surface area (Å²) in [7, 11) is 1.66. The quantitative estimate of drug-likeness (QED) is 0.426.